The highest BCUT2D eigenvalue weighted by molar-refractivity contribution is 5.89. The first-order chi connectivity index (χ1) is 7.69. The van der Waals surface area contributed by atoms with Gasteiger partial charge >= 0.3 is 5.97 Å². The number of nitrogens with zero attached hydrogens (tertiary/aromatic N) is 1. The maximum atomic E-state index is 11.6. The third-order valence-corrected chi connectivity index (χ3v) is 2.13. The van der Waals surface area contributed by atoms with Crippen molar-refractivity contribution in [3.63, 3.8) is 0 Å². The van der Waals surface area contributed by atoms with Gasteiger partial charge < -0.3 is 19.8 Å². The summed E-state index contributed by atoms with van der Waals surface area (Å²) < 4.78 is 11.9. The second kappa shape index (κ2) is 6.17. The second-order valence-corrected chi connectivity index (χ2v) is 3.28. The Hall–Kier alpha value is -1.49. The summed E-state index contributed by atoms with van der Waals surface area (Å²) in [7, 11) is 0. The minimum absolute atomic E-state index is 0.265. The maximum Gasteiger partial charge on any atom is 0.355 e. The molecular weight excluding hydrogens is 208 g/mol. The van der Waals surface area contributed by atoms with E-state index < -0.39 is 0 Å². The van der Waals surface area contributed by atoms with Gasteiger partial charge in [0, 0.05) is 19.3 Å². The standard InChI is InChI=1S/C11H18N2O3/c1-3-13-8-9(12)7-10(13)11(14)16-6-5-15-4-2/h7-8H,3-6,12H2,1-2H3. The number of aromatic nitrogens is 1. The molecule has 0 fully saturated rings. The van der Waals surface area contributed by atoms with Crippen molar-refractivity contribution in [2.75, 3.05) is 25.6 Å². The van der Waals surface area contributed by atoms with E-state index in [0.717, 1.165) is 0 Å². The van der Waals surface area contributed by atoms with E-state index in [2.05, 4.69) is 0 Å². The van der Waals surface area contributed by atoms with Crippen LogP contribution >= 0.6 is 0 Å². The van der Waals surface area contributed by atoms with Crippen LogP contribution in [0.15, 0.2) is 12.3 Å². The van der Waals surface area contributed by atoms with Gasteiger partial charge in [0.1, 0.15) is 12.3 Å². The van der Waals surface area contributed by atoms with E-state index in [4.69, 9.17) is 15.2 Å². The molecule has 0 aliphatic rings. The molecule has 0 amide bonds. The van der Waals surface area contributed by atoms with Gasteiger partial charge in [-0.25, -0.2) is 4.79 Å². The number of rotatable bonds is 6. The average Bonchev–Trinajstić information content (AvgIpc) is 2.65. The molecule has 0 aliphatic carbocycles. The number of carbonyl (C=O) groups excluding carboxylic acids is 1. The summed E-state index contributed by atoms with van der Waals surface area (Å²) in [5.41, 5.74) is 6.67. The average molecular weight is 226 g/mol. The summed E-state index contributed by atoms with van der Waals surface area (Å²) in [6.45, 7) is 5.83. The van der Waals surface area contributed by atoms with Crippen molar-refractivity contribution in [3.8, 4) is 0 Å². The molecule has 1 heterocycles. The molecule has 0 bridgehead atoms. The molecule has 0 aromatic carbocycles. The van der Waals surface area contributed by atoms with Crippen molar-refractivity contribution < 1.29 is 14.3 Å². The highest BCUT2D eigenvalue weighted by atomic mass is 16.6. The topological polar surface area (TPSA) is 66.5 Å². The fourth-order valence-electron chi connectivity index (χ4n) is 1.38. The summed E-state index contributed by atoms with van der Waals surface area (Å²) in [6.07, 6.45) is 1.72. The Balaban J connectivity index is 2.51. The maximum absolute atomic E-state index is 11.6. The van der Waals surface area contributed by atoms with E-state index in [-0.39, 0.29) is 12.6 Å². The monoisotopic (exact) mass is 226 g/mol. The lowest BCUT2D eigenvalue weighted by atomic mass is 10.4. The zero-order valence-corrected chi connectivity index (χ0v) is 9.73. The minimum atomic E-state index is -0.363. The van der Waals surface area contributed by atoms with E-state index in [9.17, 15) is 4.79 Å². The number of anilines is 1. The third kappa shape index (κ3) is 3.27. The van der Waals surface area contributed by atoms with Gasteiger partial charge in [-0.1, -0.05) is 0 Å². The van der Waals surface area contributed by atoms with E-state index >= 15 is 0 Å². The third-order valence-electron chi connectivity index (χ3n) is 2.13. The Bertz CT molecular complexity index is 347. The van der Waals surface area contributed by atoms with Gasteiger partial charge in [-0.3, -0.25) is 0 Å². The number of hydrogen-bond donors (Lipinski definition) is 1. The number of carbonyl (C=O) groups is 1. The van der Waals surface area contributed by atoms with Crippen molar-refractivity contribution >= 4 is 11.7 Å². The number of nitrogen functional groups attached to an aromatic ring is 1. The summed E-state index contributed by atoms with van der Waals surface area (Å²) in [4.78, 5) is 11.6. The zero-order chi connectivity index (χ0) is 12.0. The van der Waals surface area contributed by atoms with Gasteiger partial charge in [0.05, 0.1) is 12.3 Å². The highest BCUT2D eigenvalue weighted by Gasteiger charge is 2.13. The molecule has 1 aromatic heterocycles. The molecule has 0 saturated heterocycles. The Morgan fingerprint density at radius 1 is 1.44 bits per heavy atom. The van der Waals surface area contributed by atoms with Crippen LogP contribution in [0.1, 0.15) is 24.3 Å². The predicted molar refractivity (Wildman–Crippen MR) is 61.3 cm³/mol. The van der Waals surface area contributed by atoms with Gasteiger partial charge in [0.25, 0.3) is 0 Å². The first-order valence-corrected chi connectivity index (χ1v) is 5.39. The molecule has 1 aromatic rings. The Labute approximate surface area is 95.1 Å². The fourth-order valence-corrected chi connectivity index (χ4v) is 1.38. The number of nitrogens with two attached hydrogens (primary N) is 1. The molecule has 0 atom stereocenters. The minimum Gasteiger partial charge on any atom is -0.459 e. The normalized spacial score (nSPS) is 10.4. The van der Waals surface area contributed by atoms with Crippen molar-refractivity contribution in [3.05, 3.63) is 18.0 Å². The van der Waals surface area contributed by atoms with Crippen LogP contribution < -0.4 is 5.73 Å². The summed E-state index contributed by atoms with van der Waals surface area (Å²) in [6, 6.07) is 1.62. The number of hydrogen-bond acceptors (Lipinski definition) is 4. The summed E-state index contributed by atoms with van der Waals surface area (Å²) in [5, 5.41) is 0. The van der Waals surface area contributed by atoms with E-state index in [0.29, 0.717) is 31.1 Å². The van der Waals surface area contributed by atoms with Gasteiger partial charge in [-0.15, -0.1) is 0 Å². The predicted octanol–water partition coefficient (Wildman–Crippen LogP) is 1.28. The molecule has 0 radical (unpaired) electrons. The van der Waals surface area contributed by atoms with Crippen molar-refractivity contribution in [1.82, 2.24) is 4.57 Å². The summed E-state index contributed by atoms with van der Waals surface area (Å²) in [5.74, 6) is -0.363. The van der Waals surface area contributed by atoms with Gasteiger partial charge in [-0.2, -0.15) is 0 Å². The molecule has 0 unspecified atom stereocenters. The van der Waals surface area contributed by atoms with E-state index in [1.165, 1.54) is 0 Å². The molecule has 16 heavy (non-hydrogen) atoms. The Morgan fingerprint density at radius 3 is 2.81 bits per heavy atom. The molecular formula is C11H18N2O3. The zero-order valence-electron chi connectivity index (χ0n) is 9.73. The Morgan fingerprint density at radius 2 is 2.19 bits per heavy atom. The SMILES string of the molecule is CCOCCOC(=O)c1cc(N)cn1CC. The molecule has 90 valence electrons. The first kappa shape index (κ1) is 12.6. The van der Waals surface area contributed by atoms with Crippen LogP contribution in [0.4, 0.5) is 5.69 Å². The highest BCUT2D eigenvalue weighted by Crippen LogP contribution is 2.11. The summed E-state index contributed by atoms with van der Waals surface area (Å²) >= 11 is 0. The van der Waals surface area contributed by atoms with Crippen LogP contribution in [-0.4, -0.2) is 30.4 Å². The van der Waals surface area contributed by atoms with Crippen molar-refractivity contribution in [1.29, 1.82) is 0 Å². The molecule has 0 aliphatic heterocycles. The van der Waals surface area contributed by atoms with Crippen LogP contribution in [0.3, 0.4) is 0 Å². The van der Waals surface area contributed by atoms with Crippen molar-refractivity contribution in [2.45, 2.75) is 20.4 Å². The van der Waals surface area contributed by atoms with E-state index in [1.54, 1.807) is 16.8 Å². The van der Waals surface area contributed by atoms with Crippen LogP contribution in [0, 0.1) is 0 Å². The lowest BCUT2D eigenvalue weighted by Crippen LogP contribution is -2.14. The fraction of sp³-hybridized carbons (Fsp3) is 0.545. The lowest BCUT2D eigenvalue weighted by Gasteiger charge is -2.06. The van der Waals surface area contributed by atoms with Gasteiger partial charge in [-0.05, 0) is 19.9 Å². The first-order valence-electron chi connectivity index (χ1n) is 5.39. The van der Waals surface area contributed by atoms with Gasteiger partial charge in [0.15, 0.2) is 0 Å². The smallest absolute Gasteiger partial charge is 0.355 e. The van der Waals surface area contributed by atoms with Crippen LogP contribution in [0.25, 0.3) is 0 Å². The van der Waals surface area contributed by atoms with Crippen LogP contribution in [0.2, 0.25) is 0 Å². The largest absolute Gasteiger partial charge is 0.459 e. The van der Waals surface area contributed by atoms with Crippen LogP contribution in [0.5, 0.6) is 0 Å². The lowest BCUT2D eigenvalue weighted by molar-refractivity contribution is 0.0325. The number of ether oxygens (including phenoxy) is 2. The second-order valence-electron chi connectivity index (χ2n) is 3.28. The Kier molecular flexibility index (Phi) is 4.85. The van der Waals surface area contributed by atoms with Gasteiger partial charge in [0.2, 0.25) is 0 Å². The molecule has 2 N–H and O–H groups in total. The van der Waals surface area contributed by atoms with Crippen molar-refractivity contribution in [2.24, 2.45) is 0 Å². The molecule has 5 nitrogen and oxygen atoms in total. The van der Waals surface area contributed by atoms with E-state index in [1.807, 2.05) is 13.8 Å². The number of esters is 1. The quantitative estimate of drug-likeness (QED) is 0.586. The molecule has 0 saturated carbocycles. The molecule has 1 rings (SSSR count). The van der Waals surface area contributed by atoms with Crippen LogP contribution in [-0.2, 0) is 16.0 Å². The molecule has 5 heteroatoms. The number of aryl methyl sites for hydroxylation is 1. The molecule has 0 spiro atoms.